The molecule has 4 nitrogen and oxygen atoms in total. The molecule has 27 heavy (non-hydrogen) atoms. The van der Waals surface area contributed by atoms with E-state index in [-0.39, 0.29) is 11.6 Å². The second-order valence-corrected chi connectivity index (χ2v) is 6.31. The van der Waals surface area contributed by atoms with Gasteiger partial charge in [0.2, 0.25) is 0 Å². The molecule has 0 aliphatic rings. The van der Waals surface area contributed by atoms with Crippen LogP contribution >= 0.6 is 0 Å². The van der Waals surface area contributed by atoms with Crippen LogP contribution in [0.1, 0.15) is 11.1 Å². The maximum absolute atomic E-state index is 12.9. The van der Waals surface area contributed by atoms with Crippen LogP contribution in [0.15, 0.2) is 73.1 Å². The van der Waals surface area contributed by atoms with E-state index in [1.54, 1.807) is 18.3 Å². The maximum atomic E-state index is 12.9. The Morgan fingerprint density at radius 3 is 2.30 bits per heavy atom. The molecule has 134 valence electrons. The number of hydrogen-bond acceptors (Lipinski definition) is 3. The Bertz CT molecular complexity index is 1070. The molecule has 4 rings (SSSR count). The molecule has 0 aliphatic heterocycles. The third-order valence-corrected chi connectivity index (χ3v) is 4.29. The molecule has 0 unspecified atom stereocenters. The zero-order valence-corrected chi connectivity index (χ0v) is 14.5. The van der Waals surface area contributed by atoms with Crippen molar-refractivity contribution in [3.05, 3.63) is 90.0 Å². The second-order valence-electron chi connectivity index (χ2n) is 6.31. The molecule has 5 heteroatoms. The summed E-state index contributed by atoms with van der Waals surface area (Å²) in [6, 6.07) is 17.2. The molecule has 0 saturated carbocycles. The fourth-order valence-electron chi connectivity index (χ4n) is 2.95. The van der Waals surface area contributed by atoms with E-state index >= 15 is 0 Å². The smallest absolute Gasteiger partial charge is 0.141 e. The van der Waals surface area contributed by atoms with Gasteiger partial charge in [0, 0.05) is 25.2 Å². The standard InChI is InChI=1S/C22H17FN2O2/c23-17-5-1-15(2-6-17)13-18(26)14-16-3-7-19(8-4-16)27-21-10-12-25-22-20(21)9-11-24-22/h1-12H,13-14H2,(H,24,25). The van der Waals surface area contributed by atoms with Gasteiger partial charge < -0.3 is 9.72 Å². The number of Topliss-reactive ketones (excluding diaryl/α,β-unsaturated/α-hetero) is 1. The monoisotopic (exact) mass is 360 g/mol. The summed E-state index contributed by atoms with van der Waals surface area (Å²) >= 11 is 0. The molecule has 0 spiro atoms. The Kier molecular flexibility index (Phi) is 4.66. The van der Waals surface area contributed by atoms with Crippen molar-refractivity contribution in [2.24, 2.45) is 0 Å². The van der Waals surface area contributed by atoms with Crippen molar-refractivity contribution in [1.82, 2.24) is 9.97 Å². The van der Waals surface area contributed by atoms with Crippen molar-refractivity contribution >= 4 is 16.8 Å². The third kappa shape index (κ3) is 4.03. The van der Waals surface area contributed by atoms with E-state index in [0.717, 1.165) is 27.9 Å². The number of benzene rings is 2. The fourth-order valence-corrected chi connectivity index (χ4v) is 2.95. The first-order chi connectivity index (χ1) is 13.2. The van der Waals surface area contributed by atoms with Crippen LogP contribution in [0.5, 0.6) is 11.5 Å². The van der Waals surface area contributed by atoms with E-state index in [9.17, 15) is 9.18 Å². The van der Waals surface area contributed by atoms with Crippen LogP contribution in [0.25, 0.3) is 11.0 Å². The first kappa shape index (κ1) is 17.0. The Hall–Kier alpha value is -3.47. The summed E-state index contributed by atoms with van der Waals surface area (Å²) in [5.74, 6) is 1.20. The maximum Gasteiger partial charge on any atom is 0.141 e. The molecule has 4 aromatic rings. The first-order valence-corrected chi connectivity index (χ1v) is 8.62. The molecule has 0 fully saturated rings. The van der Waals surface area contributed by atoms with Gasteiger partial charge >= 0.3 is 0 Å². The number of nitrogens with zero attached hydrogens (tertiary/aromatic N) is 1. The first-order valence-electron chi connectivity index (χ1n) is 8.62. The molecule has 0 radical (unpaired) electrons. The highest BCUT2D eigenvalue weighted by Crippen LogP contribution is 2.28. The number of aromatic amines is 1. The van der Waals surface area contributed by atoms with Crippen LogP contribution in [0, 0.1) is 5.82 Å². The number of ketones is 1. The highest BCUT2D eigenvalue weighted by atomic mass is 19.1. The van der Waals surface area contributed by atoms with Gasteiger partial charge in [-0.1, -0.05) is 24.3 Å². The summed E-state index contributed by atoms with van der Waals surface area (Å²) < 4.78 is 18.9. The highest BCUT2D eigenvalue weighted by molar-refractivity contribution is 5.83. The number of hydrogen-bond donors (Lipinski definition) is 1. The predicted molar refractivity (Wildman–Crippen MR) is 101 cm³/mol. The summed E-state index contributed by atoms with van der Waals surface area (Å²) in [7, 11) is 0. The van der Waals surface area contributed by atoms with Crippen molar-refractivity contribution in [2.45, 2.75) is 12.8 Å². The number of nitrogens with one attached hydrogen (secondary N) is 1. The lowest BCUT2D eigenvalue weighted by Gasteiger charge is -2.08. The minimum absolute atomic E-state index is 0.0819. The number of ether oxygens (including phenoxy) is 1. The normalized spacial score (nSPS) is 10.9. The lowest BCUT2D eigenvalue weighted by atomic mass is 10.0. The van der Waals surface area contributed by atoms with Gasteiger partial charge in [-0.15, -0.1) is 0 Å². The number of pyridine rings is 1. The molecule has 0 aliphatic carbocycles. The molecular weight excluding hydrogens is 343 g/mol. The van der Waals surface area contributed by atoms with Gasteiger partial charge in [-0.25, -0.2) is 9.37 Å². The SMILES string of the molecule is O=C(Cc1ccc(F)cc1)Cc1ccc(Oc2ccnc3[nH]ccc23)cc1. The minimum Gasteiger partial charge on any atom is -0.457 e. The second kappa shape index (κ2) is 7.41. The van der Waals surface area contributed by atoms with Crippen LogP contribution in [-0.2, 0) is 17.6 Å². The van der Waals surface area contributed by atoms with Crippen molar-refractivity contribution in [2.75, 3.05) is 0 Å². The number of rotatable bonds is 6. The van der Waals surface area contributed by atoms with Crippen molar-refractivity contribution in [1.29, 1.82) is 0 Å². The molecular formula is C22H17FN2O2. The average molecular weight is 360 g/mol. The van der Waals surface area contributed by atoms with E-state index < -0.39 is 0 Å². The molecule has 1 N–H and O–H groups in total. The highest BCUT2D eigenvalue weighted by Gasteiger charge is 2.08. The number of carbonyl (C=O) groups excluding carboxylic acids is 1. The van der Waals surface area contributed by atoms with Crippen LogP contribution < -0.4 is 4.74 Å². The predicted octanol–water partition coefficient (Wildman–Crippen LogP) is 4.85. The molecule has 2 aromatic carbocycles. The molecule has 0 saturated heterocycles. The molecule has 0 atom stereocenters. The summed E-state index contributed by atoms with van der Waals surface area (Å²) in [6.45, 7) is 0. The van der Waals surface area contributed by atoms with Gasteiger partial charge in [0.25, 0.3) is 0 Å². The summed E-state index contributed by atoms with van der Waals surface area (Å²) in [6.07, 6.45) is 4.13. The number of H-pyrrole nitrogens is 1. The van der Waals surface area contributed by atoms with Crippen molar-refractivity contribution in [3.63, 3.8) is 0 Å². The molecule has 2 aromatic heterocycles. The van der Waals surface area contributed by atoms with Gasteiger partial charge in [0.15, 0.2) is 0 Å². The Balaban J connectivity index is 1.40. The quantitative estimate of drug-likeness (QED) is 0.535. The zero-order chi connectivity index (χ0) is 18.6. The van der Waals surface area contributed by atoms with Gasteiger partial charge in [0.1, 0.15) is 28.7 Å². The summed E-state index contributed by atoms with van der Waals surface area (Å²) in [4.78, 5) is 19.5. The minimum atomic E-state index is -0.298. The summed E-state index contributed by atoms with van der Waals surface area (Å²) in [5, 5.41) is 0.913. The van der Waals surface area contributed by atoms with Crippen LogP contribution in [0.2, 0.25) is 0 Å². The average Bonchev–Trinajstić information content (AvgIpc) is 3.15. The van der Waals surface area contributed by atoms with Crippen LogP contribution in [-0.4, -0.2) is 15.8 Å². The molecule has 2 heterocycles. The van der Waals surface area contributed by atoms with E-state index in [2.05, 4.69) is 9.97 Å². The van der Waals surface area contributed by atoms with Crippen LogP contribution in [0.4, 0.5) is 4.39 Å². The Labute approximate surface area is 155 Å². The lowest BCUT2D eigenvalue weighted by Crippen LogP contribution is -2.06. The van der Waals surface area contributed by atoms with E-state index in [1.807, 2.05) is 42.6 Å². The van der Waals surface area contributed by atoms with Gasteiger partial charge in [-0.05, 0) is 47.5 Å². The number of aromatic nitrogens is 2. The Morgan fingerprint density at radius 2 is 1.59 bits per heavy atom. The third-order valence-electron chi connectivity index (χ3n) is 4.29. The van der Waals surface area contributed by atoms with Crippen molar-refractivity contribution < 1.29 is 13.9 Å². The fraction of sp³-hybridized carbons (Fsp3) is 0.0909. The molecule has 0 amide bonds. The van der Waals surface area contributed by atoms with Crippen LogP contribution in [0.3, 0.4) is 0 Å². The Morgan fingerprint density at radius 1 is 0.926 bits per heavy atom. The summed E-state index contributed by atoms with van der Waals surface area (Å²) in [5.41, 5.74) is 2.50. The molecule has 0 bridgehead atoms. The topological polar surface area (TPSA) is 55.0 Å². The lowest BCUT2D eigenvalue weighted by molar-refractivity contribution is -0.117. The van der Waals surface area contributed by atoms with Gasteiger partial charge in [-0.2, -0.15) is 0 Å². The van der Waals surface area contributed by atoms with E-state index in [4.69, 9.17) is 4.74 Å². The van der Waals surface area contributed by atoms with Gasteiger partial charge in [-0.3, -0.25) is 4.79 Å². The zero-order valence-electron chi connectivity index (χ0n) is 14.5. The van der Waals surface area contributed by atoms with E-state index in [1.165, 1.54) is 12.1 Å². The largest absolute Gasteiger partial charge is 0.457 e. The van der Waals surface area contributed by atoms with E-state index in [0.29, 0.717) is 18.6 Å². The number of halogens is 1. The van der Waals surface area contributed by atoms with Crippen molar-refractivity contribution in [3.8, 4) is 11.5 Å². The van der Waals surface area contributed by atoms with Gasteiger partial charge in [0.05, 0.1) is 5.39 Å². The number of fused-ring (bicyclic) bond motifs is 1. The number of carbonyl (C=O) groups is 1.